The maximum Gasteiger partial charge on any atom is 0.131 e. The van der Waals surface area contributed by atoms with Crippen molar-refractivity contribution in [3.05, 3.63) is 53.6 Å². The molecule has 3 heteroatoms. The zero-order valence-electron chi connectivity index (χ0n) is 13.3. The van der Waals surface area contributed by atoms with Crippen LogP contribution in [0.15, 0.2) is 42.5 Å². The highest BCUT2D eigenvalue weighted by Gasteiger charge is 2.10. The predicted octanol–water partition coefficient (Wildman–Crippen LogP) is 4.54. The summed E-state index contributed by atoms with van der Waals surface area (Å²) in [6.45, 7) is 4.20. The average Bonchev–Trinajstić information content (AvgIpc) is 2.55. The molecule has 0 saturated carbocycles. The molecule has 0 N–H and O–H groups in total. The summed E-state index contributed by atoms with van der Waals surface area (Å²) < 4.78 is 10.8. The minimum absolute atomic E-state index is 0.745. The van der Waals surface area contributed by atoms with Gasteiger partial charge in [-0.2, -0.15) is 0 Å². The number of hydrogen-bond donors (Lipinski definition) is 0. The lowest BCUT2D eigenvalue weighted by Crippen LogP contribution is -1.93. The van der Waals surface area contributed by atoms with Crippen molar-refractivity contribution in [2.24, 2.45) is 0 Å². The van der Waals surface area contributed by atoms with Crippen LogP contribution in [0.5, 0.6) is 11.5 Å². The first-order chi connectivity index (χ1) is 10.6. The summed E-state index contributed by atoms with van der Waals surface area (Å²) in [4.78, 5) is 4.80. The summed E-state index contributed by atoms with van der Waals surface area (Å²) in [6, 6.07) is 14.3. The van der Waals surface area contributed by atoms with Crippen LogP contribution in [0.25, 0.3) is 22.2 Å². The molecule has 0 aliphatic rings. The van der Waals surface area contributed by atoms with E-state index in [-0.39, 0.29) is 0 Å². The summed E-state index contributed by atoms with van der Waals surface area (Å²) in [5.41, 5.74) is 5.43. The second-order valence-corrected chi connectivity index (χ2v) is 5.41. The second-order valence-electron chi connectivity index (χ2n) is 5.41. The topological polar surface area (TPSA) is 31.4 Å². The summed E-state index contributed by atoms with van der Waals surface area (Å²) >= 11 is 0. The number of benzene rings is 2. The SMILES string of the molecule is COc1cc(OC)c2ccc(-c3cc(C)ccc3C)nc2c1. The molecule has 0 aliphatic carbocycles. The fraction of sp³-hybridized carbons (Fsp3) is 0.211. The molecule has 3 rings (SSSR count). The summed E-state index contributed by atoms with van der Waals surface area (Å²) in [5.74, 6) is 1.52. The standard InChI is InChI=1S/C19H19NO2/c1-12-5-6-13(2)16(9-12)17-8-7-15-18(20-17)10-14(21-3)11-19(15)22-4/h5-11H,1-4H3. The maximum absolute atomic E-state index is 5.44. The van der Waals surface area contributed by atoms with Gasteiger partial charge in [-0.15, -0.1) is 0 Å². The lowest BCUT2D eigenvalue weighted by atomic mass is 10.0. The molecule has 0 atom stereocenters. The van der Waals surface area contributed by atoms with Crippen molar-refractivity contribution in [3.8, 4) is 22.8 Å². The number of rotatable bonds is 3. The fourth-order valence-electron chi connectivity index (χ4n) is 2.63. The van der Waals surface area contributed by atoms with Crippen LogP contribution in [0.2, 0.25) is 0 Å². The molecule has 1 aromatic heterocycles. The molecule has 0 fully saturated rings. The Morgan fingerprint density at radius 1 is 0.864 bits per heavy atom. The molecule has 3 nitrogen and oxygen atoms in total. The van der Waals surface area contributed by atoms with E-state index in [1.165, 1.54) is 11.1 Å². The van der Waals surface area contributed by atoms with Crippen molar-refractivity contribution in [1.82, 2.24) is 4.98 Å². The van der Waals surface area contributed by atoms with Gasteiger partial charge in [-0.05, 0) is 37.6 Å². The van der Waals surface area contributed by atoms with Gasteiger partial charge in [0.2, 0.25) is 0 Å². The van der Waals surface area contributed by atoms with Crippen molar-refractivity contribution in [3.63, 3.8) is 0 Å². The first-order valence-electron chi connectivity index (χ1n) is 7.23. The Morgan fingerprint density at radius 3 is 2.41 bits per heavy atom. The maximum atomic E-state index is 5.44. The molecular formula is C19H19NO2. The fourth-order valence-corrected chi connectivity index (χ4v) is 2.63. The third kappa shape index (κ3) is 2.50. The highest BCUT2D eigenvalue weighted by atomic mass is 16.5. The Hall–Kier alpha value is -2.55. The van der Waals surface area contributed by atoms with Crippen LogP contribution in [0.4, 0.5) is 0 Å². The largest absolute Gasteiger partial charge is 0.497 e. The lowest BCUT2D eigenvalue weighted by molar-refractivity contribution is 0.398. The van der Waals surface area contributed by atoms with E-state index in [1.54, 1.807) is 14.2 Å². The van der Waals surface area contributed by atoms with Crippen LogP contribution >= 0.6 is 0 Å². The van der Waals surface area contributed by atoms with Gasteiger partial charge in [-0.3, -0.25) is 0 Å². The number of nitrogens with zero attached hydrogens (tertiary/aromatic N) is 1. The number of pyridine rings is 1. The van der Waals surface area contributed by atoms with Crippen molar-refractivity contribution in [1.29, 1.82) is 0 Å². The number of ether oxygens (including phenoxy) is 2. The molecule has 0 spiro atoms. The van der Waals surface area contributed by atoms with Crippen LogP contribution in [0.3, 0.4) is 0 Å². The van der Waals surface area contributed by atoms with E-state index in [1.807, 2.05) is 18.2 Å². The molecular weight excluding hydrogens is 274 g/mol. The van der Waals surface area contributed by atoms with Crippen LogP contribution in [0, 0.1) is 13.8 Å². The highest BCUT2D eigenvalue weighted by Crippen LogP contribution is 2.32. The number of methoxy groups -OCH3 is 2. The van der Waals surface area contributed by atoms with E-state index in [0.717, 1.165) is 33.7 Å². The second kappa shape index (κ2) is 5.68. The molecule has 0 saturated heterocycles. The van der Waals surface area contributed by atoms with Gasteiger partial charge >= 0.3 is 0 Å². The zero-order chi connectivity index (χ0) is 15.7. The quantitative estimate of drug-likeness (QED) is 0.710. The number of aromatic nitrogens is 1. The zero-order valence-corrected chi connectivity index (χ0v) is 13.3. The summed E-state index contributed by atoms with van der Waals surface area (Å²) in [5, 5.41) is 0.984. The Balaban J connectivity index is 2.23. The lowest BCUT2D eigenvalue weighted by Gasteiger charge is -2.11. The molecule has 0 bridgehead atoms. The van der Waals surface area contributed by atoms with Crippen LogP contribution in [-0.4, -0.2) is 19.2 Å². The summed E-state index contributed by atoms with van der Waals surface area (Å²) in [7, 11) is 3.31. The normalized spacial score (nSPS) is 10.7. The van der Waals surface area contributed by atoms with Crippen LogP contribution in [-0.2, 0) is 0 Å². The van der Waals surface area contributed by atoms with Crippen molar-refractivity contribution in [2.45, 2.75) is 13.8 Å². The van der Waals surface area contributed by atoms with Gasteiger partial charge in [0.25, 0.3) is 0 Å². The van der Waals surface area contributed by atoms with Crippen LogP contribution in [0.1, 0.15) is 11.1 Å². The molecule has 3 aromatic rings. The van der Waals surface area contributed by atoms with E-state index < -0.39 is 0 Å². The van der Waals surface area contributed by atoms with Gasteiger partial charge in [0.1, 0.15) is 11.5 Å². The predicted molar refractivity (Wildman–Crippen MR) is 89.8 cm³/mol. The summed E-state index contributed by atoms with van der Waals surface area (Å²) in [6.07, 6.45) is 0. The Labute approximate surface area is 130 Å². The molecule has 112 valence electrons. The Kier molecular flexibility index (Phi) is 3.72. The molecule has 0 radical (unpaired) electrons. The van der Waals surface area contributed by atoms with Gasteiger partial charge in [0, 0.05) is 23.1 Å². The molecule has 1 heterocycles. The van der Waals surface area contributed by atoms with Crippen molar-refractivity contribution < 1.29 is 9.47 Å². The first kappa shape index (κ1) is 14.4. The molecule has 0 amide bonds. The van der Waals surface area contributed by atoms with Crippen molar-refractivity contribution in [2.75, 3.05) is 14.2 Å². The highest BCUT2D eigenvalue weighted by molar-refractivity contribution is 5.88. The van der Waals surface area contributed by atoms with Gasteiger partial charge < -0.3 is 9.47 Å². The number of aryl methyl sites for hydroxylation is 2. The molecule has 0 aliphatic heterocycles. The Morgan fingerprint density at radius 2 is 1.68 bits per heavy atom. The van der Waals surface area contributed by atoms with E-state index in [2.05, 4.69) is 38.1 Å². The van der Waals surface area contributed by atoms with E-state index >= 15 is 0 Å². The smallest absolute Gasteiger partial charge is 0.131 e. The Bertz CT molecular complexity index is 840. The number of hydrogen-bond acceptors (Lipinski definition) is 3. The monoisotopic (exact) mass is 293 g/mol. The third-order valence-corrected chi connectivity index (χ3v) is 3.87. The third-order valence-electron chi connectivity index (χ3n) is 3.87. The van der Waals surface area contributed by atoms with E-state index in [0.29, 0.717) is 0 Å². The van der Waals surface area contributed by atoms with Crippen LogP contribution < -0.4 is 9.47 Å². The van der Waals surface area contributed by atoms with Gasteiger partial charge in [0.15, 0.2) is 0 Å². The number of fused-ring (bicyclic) bond motifs is 1. The first-order valence-corrected chi connectivity index (χ1v) is 7.23. The minimum atomic E-state index is 0.745. The van der Waals surface area contributed by atoms with Gasteiger partial charge in [0.05, 0.1) is 25.4 Å². The molecule has 22 heavy (non-hydrogen) atoms. The van der Waals surface area contributed by atoms with Gasteiger partial charge in [-0.1, -0.05) is 17.7 Å². The minimum Gasteiger partial charge on any atom is -0.497 e. The van der Waals surface area contributed by atoms with Gasteiger partial charge in [-0.25, -0.2) is 4.98 Å². The van der Waals surface area contributed by atoms with E-state index in [9.17, 15) is 0 Å². The van der Waals surface area contributed by atoms with Crippen molar-refractivity contribution >= 4 is 10.9 Å². The molecule has 2 aromatic carbocycles. The molecule has 0 unspecified atom stereocenters. The average molecular weight is 293 g/mol. The van der Waals surface area contributed by atoms with E-state index in [4.69, 9.17) is 14.5 Å².